The Balaban J connectivity index is 2.05. The third kappa shape index (κ3) is 2.33. The van der Waals surface area contributed by atoms with Gasteiger partial charge in [0.15, 0.2) is 0 Å². The average Bonchev–Trinajstić information content (AvgIpc) is 2.89. The van der Waals surface area contributed by atoms with E-state index in [0.717, 1.165) is 37.4 Å². The van der Waals surface area contributed by atoms with E-state index < -0.39 is 0 Å². The van der Waals surface area contributed by atoms with E-state index in [9.17, 15) is 4.79 Å². The zero-order valence-electron chi connectivity index (χ0n) is 9.66. The predicted octanol–water partition coefficient (Wildman–Crippen LogP) is 2.03. The van der Waals surface area contributed by atoms with Gasteiger partial charge in [0.2, 0.25) is 0 Å². The molecular weight excluding hydrogens is 220 g/mol. The maximum Gasteiger partial charge on any atom is 0.147 e. The van der Waals surface area contributed by atoms with E-state index in [4.69, 9.17) is 0 Å². The summed E-state index contributed by atoms with van der Waals surface area (Å²) in [5.41, 5.74) is -0.111. The molecule has 2 heterocycles. The molecule has 16 heavy (non-hydrogen) atoms. The van der Waals surface area contributed by atoms with Crippen molar-refractivity contribution in [3.8, 4) is 0 Å². The number of nitrogens with one attached hydrogen (secondary N) is 1. The summed E-state index contributed by atoms with van der Waals surface area (Å²) in [5.74, 6) is 0.370. The topological polar surface area (TPSA) is 42.0 Å². The van der Waals surface area contributed by atoms with Crippen LogP contribution < -0.4 is 5.32 Å². The zero-order chi connectivity index (χ0) is 11.4. The molecule has 0 radical (unpaired) electrons. The molecule has 1 atom stereocenters. The van der Waals surface area contributed by atoms with Crippen LogP contribution in [0.25, 0.3) is 0 Å². The van der Waals surface area contributed by atoms with Crippen LogP contribution in [0.4, 0.5) is 0 Å². The van der Waals surface area contributed by atoms with Crippen molar-refractivity contribution in [2.45, 2.75) is 32.6 Å². The van der Waals surface area contributed by atoms with Crippen LogP contribution in [0.15, 0.2) is 11.6 Å². The second-order valence-electron chi connectivity index (χ2n) is 4.48. The first-order valence-electron chi connectivity index (χ1n) is 5.89. The van der Waals surface area contributed by atoms with Gasteiger partial charge in [-0.3, -0.25) is 4.79 Å². The predicted molar refractivity (Wildman–Crippen MR) is 65.7 cm³/mol. The number of thiazole rings is 1. The first kappa shape index (κ1) is 11.7. The van der Waals surface area contributed by atoms with Crippen molar-refractivity contribution in [3.05, 3.63) is 16.6 Å². The summed E-state index contributed by atoms with van der Waals surface area (Å²) in [6.45, 7) is 3.98. The number of carbonyl (C=O) groups is 1. The minimum absolute atomic E-state index is 0.111. The van der Waals surface area contributed by atoms with Crippen LogP contribution in [-0.4, -0.2) is 23.9 Å². The Morgan fingerprint density at radius 3 is 3.12 bits per heavy atom. The van der Waals surface area contributed by atoms with Crippen LogP contribution in [-0.2, 0) is 11.2 Å². The van der Waals surface area contributed by atoms with E-state index in [1.807, 2.05) is 5.38 Å². The zero-order valence-corrected chi connectivity index (χ0v) is 10.5. The number of rotatable bonds is 5. The fraction of sp³-hybridized carbons (Fsp3) is 0.667. The molecule has 1 unspecified atom stereocenters. The molecule has 1 fully saturated rings. The summed E-state index contributed by atoms with van der Waals surface area (Å²) >= 11 is 1.57. The average molecular weight is 238 g/mol. The van der Waals surface area contributed by atoms with Crippen molar-refractivity contribution in [2.75, 3.05) is 13.1 Å². The molecule has 1 aliphatic heterocycles. The number of aromatic nitrogens is 1. The summed E-state index contributed by atoms with van der Waals surface area (Å²) in [6, 6.07) is 0. The molecular formula is C12H18N2OS. The second-order valence-corrected chi connectivity index (χ2v) is 5.46. The number of Topliss-reactive ketones (excluding diaryl/α,β-unsaturated/α-hetero) is 1. The Bertz CT molecular complexity index is 342. The van der Waals surface area contributed by atoms with Crippen molar-refractivity contribution in [1.82, 2.24) is 10.3 Å². The van der Waals surface area contributed by atoms with Gasteiger partial charge in [-0.1, -0.05) is 13.3 Å². The standard InChI is InChI=1S/C12H18N2OS/c1-2-3-12(4-5-13-9-12)10(15)8-11-14-6-7-16-11/h6-7,13H,2-5,8-9H2,1H3. The Morgan fingerprint density at radius 1 is 1.69 bits per heavy atom. The molecule has 0 aliphatic carbocycles. The number of nitrogens with zero attached hydrogens (tertiary/aromatic N) is 1. The number of carbonyl (C=O) groups excluding carboxylic acids is 1. The van der Waals surface area contributed by atoms with Crippen LogP contribution >= 0.6 is 11.3 Å². The van der Waals surface area contributed by atoms with Crippen LogP contribution in [0, 0.1) is 5.41 Å². The molecule has 1 aromatic heterocycles. The third-order valence-electron chi connectivity index (χ3n) is 3.36. The van der Waals surface area contributed by atoms with Gasteiger partial charge in [0.05, 0.1) is 11.4 Å². The molecule has 0 amide bonds. The highest BCUT2D eigenvalue weighted by Gasteiger charge is 2.39. The lowest BCUT2D eigenvalue weighted by Gasteiger charge is -2.25. The second kappa shape index (κ2) is 5.06. The van der Waals surface area contributed by atoms with E-state index in [1.54, 1.807) is 17.5 Å². The van der Waals surface area contributed by atoms with Gasteiger partial charge < -0.3 is 5.32 Å². The van der Waals surface area contributed by atoms with Crippen LogP contribution in [0.3, 0.4) is 0 Å². The smallest absolute Gasteiger partial charge is 0.147 e. The van der Waals surface area contributed by atoms with E-state index in [0.29, 0.717) is 12.2 Å². The lowest BCUT2D eigenvalue weighted by molar-refractivity contribution is -0.127. The molecule has 4 heteroatoms. The lowest BCUT2D eigenvalue weighted by atomic mass is 9.77. The summed E-state index contributed by atoms with van der Waals surface area (Å²) in [5, 5.41) is 6.20. The molecule has 0 aromatic carbocycles. The Hall–Kier alpha value is -0.740. The number of hydrogen-bond acceptors (Lipinski definition) is 4. The van der Waals surface area contributed by atoms with Gasteiger partial charge in [-0.2, -0.15) is 0 Å². The van der Waals surface area contributed by atoms with Gasteiger partial charge in [0.25, 0.3) is 0 Å². The minimum Gasteiger partial charge on any atom is -0.316 e. The van der Waals surface area contributed by atoms with E-state index in [1.165, 1.54) is 0 Å². The molecule has 2 rings (SSSR count). The quantitative estimate of drug-likeness (QED) is 0.853. The van der Waals surface area contributed by atoms with Gasteiger partial charge in [0, 0.05) is 23.5 Å². The SMILES string of the molecule is CCCC1(C(=O)Cc2nccs2)CCNC1. The molecule has 0 spiro atoms. The van der Waals surface area contributed by atoms with Gasteiger partial charge >= 0.3 is 0 Å². The molecule has 1 aromatic rings. The van der Waals surface area contributed by atoms with Gasteiger partial charge in [0.1, 0.15) is 5.78 Å². The van der Waals surface area contributed by atoms with Crippen molar-refractivity contribution < 1.29 is 4.79 Å². The maximum atomic E-state index is 12.4. The first-order valence-corrected chi connectivity index (χ1v) is 6.77. The lowest BCUT2D eigenvalue weighted by Crippen LogP contribution is -2.34. The number of hydrogen-bond donors (Lipinski definition) is 1. The van der Waals surface area contributed by atoms with Crippen molar-refractivity contribution >= 4 is 17.1 Å². The summed E-state index contributed by atoms with van der Waals surface area (Å²) < 4.78 is 0. The monoisotopic (exact) mass is 238 g/mol. The Morgan fingerprint density at radius 2 is 2.56 bits per heavy atom. The fourth-order valence-electron chi connectivity index (χ4n) is 2.48. The first-order chi connectivity index (χ1) is 7.77. The van der Waals surface area contributed by atoms with Crippen molar-refractivity contribution in [3.63, 3.8) is 0 Å². The van der Waals surface area contributed by atoms with E-state index in [-0.39, 0.29) is 5.41 Å². The molecule has 3 nitrogen and oxygen atoms in total. The normalized spacial score (nSPS) is 24.8. The molecule has 1 N–H and O–H groups in total. The van der Waals surface area contributed by atoms with E-state index in [2.05, 4.69) is 17.2 Å². The highest BCUT2D eigenvalue weighted by molar-refractivity contribution is 7.09. The summed E-state index contributed by atoms with van der Waals surface area (Å²) in [4.78, 5) is 16.5. The fourth-order valence-corrected chi connectivity index (χ4v) is 3.09. The molecule has 0 saturated carbocycles. The molecule has 1 saturated heterocycles. The minimum atomic E-state index is -0.111. The van der Waals surface area contributed by atoms with Crippen LogP contribution in [0.1, 0.15) is 31.2 Å². The van der Waals surface area contributed by atoms with Crippen molar-refractivity contribution in [2.24, 2.45) is 5.41 Å². The van der Waals surface area contributed by atoms with Crippen LogP contribution in [0.2, 0.25) is 0 Å². The highest BCUT2D eigenvalue weighted by atomic mass is 32.1. The van der Waals surface area contributed by atoms with Gasteiger partial charge in [-0.05, 0) is 19.4 Å². The highest BCUT2D eigenvalue weighted by Crippen LogP contribution is 2.33. The maximum absolute atomic E-state index is 12.4. The van der Waals surface area contributed by atoms with Crippen molar-refractivity contribution in [1.29, 1.82) is 0 Å². The molecule has 1 aliphatic rings. The number of ketones is 1. The largest absolute Gasteiger partial charge is 0.316 e. The Labute approximate surface area is 100 Å². The van der Waals surface area contributed by atoms with Crippen LogP contribution in [0.5, 0.6) is 0 Å². The summed E-state index contributed by atoms with van der Waals surface area (Å²) in [7, 11) is 0. The van der Waals surface area contributed by atoms with E-state index >= 15 is 0 Å². The Kier molecular flexibility index (Phi) is 3.71. The molecule has 88 valence electrons. The summed E-state index contributed by atoms with van der Waals surface area (Å²) in [6.07, 6.45) is 5.35. The molecule has 0 bridgehead atoms. The third-order valence-corrected chi connectivity index (χ3v) is 4.14. The van der Waals surface area contributed by atoms with Gasteiger partial charge in [-0.15, -0.1) is 11.3 Å². The van der Waals surface area contributed by atoms with Gasteiger partial charge in [-0.25, -0.2) is 4.98 Å².